The molecule has 130 valence electrons. The topological polar surface area (TPSA) is 83.1 Å². The zero-order valence-corrected chi connectivity index (χ0v) is 14.3. The molecule has 1 aromatic heterocycles. The Kier molecular flexibility index (Phi) is 4.31. The molecule has 0 unspecified atom stereocenters. The Bertz CT molecular complexity index is 942. The first-order valence-electron chi connectivity index (χ1n) is 7.88. The van der Waals surface area contributed by atoms with Crippen LogP contribution in [-0.4, -0.2) is 22.4 Å². The van der Waals surface area contributed by atoms with Gasteiger partial charge in [-0.05, 0) is 38.5 Å². The van der Waals surface area contributed by atoms with Crippen molar-refractivity contribution in [3.05, 3.63) is 47.5 Å². The molecule has 1 heterocycles. The number of hydrogen-bond acceptors (Lipinski definition) is 5. The summed E-state index contributed by atoms with van der Waals surface area (Å²) >= 11 is 0. The van der Waals surface area contributed by atoms with E-state index in [9.17, 15) is 15.3 Å². The maximum Gasteiger partial charge on any atom is 0.142 e. The molecule has 0 aliphatic heterocycles. The normalized spacial score (nSPS) is 10.8. The number of fused-ring (bicyclic) bond motifs is 1. The number of ether oxygens (including phenoxy) is 1. The summed E-state index contributed by atoms with van der Waals surface area (Å²) in [6.45, 7) is 3.98. The second-order valence-electron chi connectivity index (χ2n) is 6.15. The lowest BCUT2D eigenvalue weighted by atomic mass is 10.0. The summed E-state index contributed by atoms with van der Waals surface area (Å²) < 4.78 is 11.3. The molecule has 0 bridgehead atoms. The first-order chi connectivity index (χ1) is 11.9. The quantitative estimate of drug-likeness (QED) is 0.598. The Balaban J connectivity index is 2.18. The Labute approximate surface area is 145 Å². The molecule has 0 amide bonds. The predicted molar refractivity (Wildman–Crippen MR) is 96.3 cm³/mol. The minimum atomic E-state index is -0.0606. The van der Waals surface area contributed by atoms with Crippen molar-refractivity contribution in [2.24, 2.45) is 0 Å². The van der Waals surface area contributed by atoms with E-state index < -0.39 is 0 Å². The van der Waals surface area contributed by atoms with Gasteiger partial charge in [0.2, 0.25) is 0 Å². The number of phenolic OH excluding ortho intramolecular Hbond substituents is 3. The van der Waals surface area contributed by atoms with Crippen molar-refractivity contribution >= 4 is 11.0 Å². The summed E-state index contributed by atoms with van der Waals surface area (Å²) in [5.41, 5.74) is 2.82. The minimum Gasteiger partial charge on any atom is -0.508 e. The summed E-state index contributed by atoms with van der Waals surface area (Å²) in [4.78, 5) is 0. The van der Waals surface area contributed by atoms with Gasteiger partial charge in [-0.2, -0.15) is 0 Å². The van der Waals surface area contributed by atoms with Crippen molar-refractivity contribution in [1.82, 2.24) is 0 Å². The molecule has 0 saturated heterocycles. The second kappa shape index (κ2) is 6.43. The number of furan rings is 1. The van der Waals surface area contributed by atoms with Crippen LogP contribution in [-0.2, 0) is 6.42 Å². The van der Waals surface area contributed by atoms with Gasteiger partial charge in [0.05, 0.1) is 12.5 Å². The number of phenols is 3. The summed E-state index contributed by atoms with van der Waals surface area (Å²) in [6.07, 6.45) is 2.55. The number of benzene rings is 2. The lowest BCUT2D eigenvalue weighted by Gasteiger charge is -2.10. The maximum absolute atomic E-state index is 10.4. The second-order valence-corrected chi connectivity index (χ2v) is 6.15. The Hall–Kier alpha value is -3.08. The fourth-order valence-corrected chi connectivity index (χ4v) is 2.80. The van der Waals surface area contributed by atoms with Gasteiger partial charge in [-0.1, -0.05) is 11.6 Å². The Morgan fingerprint density at radius 1 is 1.04 bits per heavy atom. The van der Waals surface area contributed by atoms with Crippen LogP contribution in [0.2, 0.25) is 0 Å². The van der Waals surface area contributed by atoms with E-state index in [1.54, 1.807) is 19.2 Å². The molecule has 0 radical (unpaired) electrons. The van der Waals surface area contributed by atoms with Gasteiger partial charge in [-0.25, -0.2) is 0 Å². The zero-order valence-electron chi connectivity index (χ0n) is 14.3. The number of aromatic hydroxyl groups is 3. The van der Waals surface area contributed by atoms with Crippen LogP contribution in [0.1, 0.15) is 19.4 Å². The van der Waals surface area contributed by atoms with Gasteiger partial charge < -0.3 is 24.5 Å². The molecular formula is C20H20O5. The SMILES string of the molecule is COc1c(CC=C(C)C)c(O)cc2oc(-c3cc(O)cc(O)c3)cc12. The van der Waals surface area contributed by atoms with Gasteiger partial charge in [-0.3, -0.25) is 0 Å². The predicted octanol–water partition coefficient (Wildman–Crippen LogP) is 4.73. The van der Waals surface area contributed by atoms with E-state index in [2.05, 4.69) is 0 Å². The molecule has 0 aliphatic rings. The molecule has 0 aliphatic carbocycles. The molecule has 0 spiro atoms. The van der Waals surface area contributed by atoms with Crippen LogP contribution in [0.25, 0.3) is 22.3 Å². The zero-order chi connectivity index (χ0) is 18.1. The highest BCUT2D eigenvalue weighted by atomic mass is 16.5. The van der Waals surface area contributed by atoms with Gasteiger partial charge in [-0.15, -0.1) is 0 Å². The van der Waals surface area contributed by atoms with Gasteiger partial charge in [0, 0.05) is 23.3 Å². The summed E-state index contributed by atoms with van der Waals surface area (Å²) in [5.74, 6) is 0.982. The molecule has 25 heavy (non-hydrogen) atoms. The molecule has 3 rings (SSSR count). The molecule has 0 fully saturated rings. The summed E-state index contributed by atoms with van der Waals surface area (Å²) in [6, 6.07) is 7.56. The largest absolute Gasteiger partial charge is 0.508 e. The van der Waals surface area contributed by atoms with Crippen LogP contribution >= 0.6 is 0 Å². The van der Waals surface area contributed by atoms with Gasteiger partial charge >= 0.3 is 0 Å². The maximum atomic E-state index is 10.4. The fraction of sp³-hybridized carbons (Fsp3) is 0.200. The molecule has 5 heteroatoms. The third-order valence-corrected chi connectivity index (χ3v) is 3.96. The lowest BCUT2D eigenvalue weighted by Crippen LogP contribution is -1.92. The molecule has 2 aromatic carbocycles. The van der Waals surface area contributed by atoms with Crippen molar-refractivity contribution in [3.63, 3.8) is 0 Å². The molecule has 5 nitrogen and oxygen atoms in total. The van der Waals surface area contributed by atoms with Crippen LogP contribution in [0.5, 0.6) is 23.0 Å². The Morgan fingerprint density at radius 2 is 1.72 bits per heavy atom. The molecular weight excluding hydrogens is 320 g/mol. The third-order valence-electron chi connectivity index (χ3n) is 3.96. The smallest absolute Gasteiger partial charge is 0.142 e. The highest BCUT2D eigenvalue weighted by molar-refractivity contribution is 5.91. The third kappa shape index (κ3) is 3.26. The fourth-order valence-electron chi connectivity index (χ4n) is 2.80. The van der Waals surface area contributed by atoms with E-state index in [0.29, 0.717) is 34.6 Å². The average Bonchev–Trinajstić information content (AvgIpc) is 2.94. The van der Waals surface area contributed by atoms with Gasteiger partial charge in [0.25, 0.3) is 0 Å². The van der Waals surface area contributed by atoms with Gasteiger partial charge in [0.15, 0.2) is 0 Å². The number of rotatable bonds is 4. The average molecular weight is 340 g/mol. The molecule has 0 saturated carbocycles. The Morgan fingerprint density at radius 3 is 2.32 bits per heavy atom. The van der Waals surface area contributed by atoms with Crippen LogP contribution in [0.15, 0.2) is 46.4 Å². The lowest BCUT2D eigenvalue weighted by molar-refractivity contribution is 0.406. The van der Waals surface area contributed by atoms with Crippen molar-refractivity contribution in [1.29, 1.82) is 0 Å². The molecule has 0 atom stereocenters. The van der Waals surface area contributed by atoms with E-state index in [1.165, 1.54) is 18.2 Å². The van der Waals surface area contributed by atoms with Crippen molar-refractivity contribution in [2.45, 2.75) is 20.3 Å². The highest BCUT2D eigenvalue weighted by Crippen LogP contribution is 2.41. The number of methoxy groups -OCH3 is 1. The van der Waals surface area contributed by atoms with E-state index in [-0.39, 0.29) is 17.2 Å². The standard InChI is InChI=1S/C20H20O5/c1-11(2)4-5-15-17(23)10-19-16(20(15)24-3)9-18(25-19)12-6-13(21)8-14(22)7-12/h4,6-10,21-23H,5H2,1-3H3. The summed E-state index contributed by atoms with van der Waals surface area (Å²) in [5, 5.41) is 30.4. The van der Waals surface area contributed by atoms with Crippen molar-refractivity contribution < 1.29 is 24.5 Å². The van der Waals surface area contributed by atoms with E-state index in [0.717, 1.165) is 11.0 Å². The summed E-state index contributed by atoms with van der Waals surface area (Å²) in [7, 11) is 1.55. The molecule has 3 N–H and O–H groups in total. The monoisotopic (exact) mass is 340 g/mol. The van der Waals surface area contributed by atoms with E-state index in [4.69, 9.17) is 9.15 Å². The van der Waals surface area contributed by atoms with Crippen LogP contribution in [0, 0.1) is 0 Å². The van der Waals surface area contributed by atoms with Gasteiger partial charge in [0.1, 0.15) is 34.3 Å². The van der Waals surface area contributed by atoms with E-state index in [1.807, 2.05) is 19.9 Å². The molecule has 3 aromatic rings. The number of allylic oxidation sites excluding steroid dienone is 2. The van der Waals surface area contributed by atoms with Crippen molar-refractivity contribution in [3.8, 4) is 34.3 Å². The first-order valence-corrected chi connectivity index (χ1v) is 7.88. The van der Waals surface area contributed by atoms with Crippen LogP contribution in [0.3, 0.4) is 0 Å². The van der Waals surface area contributed by atoms with Crippen LogP contribution < -0.4 is 4.74 Å². The van der Waals surface area contributed by atoms with Crippen LogP contribution in [0.4, 0.5) is 0 Å². The van der Waals surface area contributed by atoms with E-state index >= 15 is 0 Å². The minimum absolute atomic E-state index is 0.0606. The van der Waals surface area contributed by atoms with Crippen molar-refractivity contribution in [2.75, 3.05) is 7.11 Å². The number of hydrogen-bond donors (Lipinski definition) is 3. The highest BCUT2D eigenvalue weighted by Gasteiger charge is 2.18. The first kappa shape index (κ1) is 16.8.